The molecule has 174 valence electrons. The van der Waals surface area contributed by atoms with Gasteiger partial charge in [0.15, 0.2) is 5.52 Å². The summed E-state index contributed by atoms with van der Waals surface area (Å²) in [6, 6.07) is 8.56. The second kappa shape index (κ2) is 8.94. The molecule has 1 saturated carbocycles. The number of nitrogens with one attached hydrogen (secondary N) is 3. The lowest BCUT2D eigenvalue weighted by molar-refractivity contribution is 0.00678. The largest absolute Gasteiger partial charge is 0.386 e. The summed E-state index contributed by atoms with van der Waals surface area (Å²) in [6.07, 6.45) is 6.61. The van der Waals surface area contributed by atoms with Gasteiger partial charge in [-0.3, -0.25) is 19.1 Å². The summed E-state index contributed by atoms with van der Waals surface area (Å²) in [5.74, 6) is -0.0640. The van der Waals surface area contributed by atoms with E-state index in [1.807, 2.05) is 0 Å². The van der Waals surface area contributed by atoms with Gasteiger partial charge in [0.1, 0.15) is 17.0 Å². The van der Waals surface area contributed by atoms with Crippen LogP contribution in [0, 0.1) is 0 Å². The van der Waals surface area contributed by atoms with Crippen molar-refractivity contribution in [3.05, 3.63) is 65.0 Å². The smallest absolute Gasteiger partial charge is 0.292 e. The number of nitrogens with zero attached hydrogens (tertiary/aromatic N) is 4. The van der Waals surface area contributed by atoms with E-state index >= 15 is 0 Å². The molecule has 1 amide bonds. The number of anilines is 3. The molecule has 0 aromatic carbocycles. The summed E-state index contributed by atoms with van der Waals surface area (Å²) in [6.45, 7) is 0. The van der Waals surface area contributed by atoms with Crippen molar-refractivity contribution in [3.63, 3.8) is 0 Å². The highest BCUT2D eigenvalue weighted by Crippen LogP contribution is 2.29. The van der Waals surface area contributed by atoms with Crippen molar-refractivity contribution >= 4 is 34.1 Å². The lowest BCUT2D eigenvalue weighted by Crippen LogP contribution is -2.51. The number of aromatic nitrogens is 4. The fraction of sp³-hybridized carbons (Fsp3) is 0.261. The van der Waals surface area contributed by atoms with E-state index in [0.29, 0.717) is 28.4 Å². The van der Waals surface area contributed by atoms with Gasteiger partial charge in [-0.05, 0) is 37.1 Å². The minimum Gasteiger partial charge on any atom is -0.386 e. The Balaban J connectivity index is 1.48. The molecular weight excluding hydrogens is 438 g/mol. The van der Waals surface area contributed by atoms with E-state index in [4.69, 9.17) is 9.26 Å². The molecule has 4 aromatic heterocycles. The molecule has 11 nitrogen and oxygen atoms in total. The summed E-state index contributed by atoms with van der Waals surface area (Å²) in [5, 5.41) is 13.0. The number of methoxy groups -OCH3 is 1. The molecule has 1 fully saturated rings. The Morgan fingerprint density at radius 2 is 2.09 bits per heavy atom. The third kappa shape index (κ3) is 3.86. The van der Waals surface area contributed by atoms with Gasteiger partial charge in [0.25, 0.3) is 11.5 Å². The zero-order valence-corrected chi connectivity index (χ0v) is 18.6. The van der Waals surface area contributed by atoms with Crippen molar-refractivity contribution in [2.24, 2.45) is 0 Å². The summed E-state index contributed by atoms with van der Waals surface area (Å²) in [5.41, 5.74) is 1.96. The van der Waals surface area contributed by atoms with Crippen LogP contribution < -0.4 is 21.5 Å². The molecule has 1 aliphatic carbocycles. The molecule has 3 N–H and O–H groups in total. The predicted molar refractivity (Wildman–Crippen MR) is 126 cm³/mol. The number of hydrogen-bond acceptors (Lipinski definition) is 9. The summed E-state index contributed by atoms with van der Waals surface area (Å²) >= 11 is 0. The standard InChI is InChI=1S/C23H23N7O4/c1-24-16-11-18(26-15-6-4-10-30(23(15)32)13-5-3-9-25-12-13)28-20-19(16)29-34-21(20)22(31)27-14-7-8-17(14)33-2/h3-6,9-12,14,17,24H,7-8H2,1-2H3,(H,26,28)(H,27,31)/t14-,17-/m1/s1. The normalized spacial score (nSPS) is 17.2. The Morgan fingerprint density at radius 3 is 2.79 bits per heavy atom. The van der Waals surface area contributed by atoms with Crippen molar-refractivity contribution in [2.45, 2.75) is 25.0 Å². The van der Waals surface area contributed by atoms with Crippen LogP contribution in [0.5, 0.6) is 0 Å². The number of pyridine rings is 3. The quantitative estimate of drug-likeness (QED) is 0.379. The molecule has 0 spiro atoms. The maximum atomic E-state index is 13.1. The molecule has 0 bridgehead atoms. The van der Waals surface area contributed by atoms with E-state index in [1.54, 1.807) is 63.1 Å². The molecule has 4 aromatic rings. The first kappa shape index (κ1) is 21.6. The van der Waals surface area contributed by atoms with Crippen molar-refractivity contribution in [3.8, 4) is 5.69 Å². The van der Waals surface area contributed by atoms with E-state index in [-0.39, 0.29) is 29.0 Å². The van der Waals surface area contributed by atoms with Gasteiger partial charge in [-0.15, -0.1) is 0 Å². The van der Waals surface area contributed by atoms with Gasteiger partial charge in [0, 0.05) is 32.6 Å². The summed E-state index contributed by atoms with van der Waals surface area (Å²) in [4.78, 5) is 34.5. The number of hydrogen-bond donors (Lipinski definition) is 3. The van der Waals surface area contributed by atoms with Gasteiger partial charge in [0.05, 0.1) is 29.7 Å². The molecule has 0 radical (unpaired) electrons. The molecule has 4 heterocycles. The first-order valence-corrected chi connectivity index (χ1v) is 10.8. The van der Waals surface area contributed by atoms with Crippen LogP contribution >= 0.6 is 0 Å². The molecule has 34 heavy (non-hydrogen) atoms. The van der Waals surface area contributed by atoms with Crippen LogP contribution in [0.15, 0.2) is 58.2 Å². The van der Waals surface area contributed by atoms with E-state index in [1.165, 1.54) is 4.57 Å². The first-order chi connectivity index (χ1) is 16.6. The fourth-order valence-electron chi connectivity index (χ4n) is 3.90. The summed E-state index contributed by atoms with van der Waals surface area (Å²) in [7, 11) is 3.35. The van der Waals surface area contributed by atoms with E-state index in [9.17, 15) is 9.59 Å². The monoisotopic (exact) mass is 461 g/mol. The average molecular weight is 461 g/mol. The molecule has 11 heteroatoms. The fourth-order valence-corrected chi connectivity index (χ4v) is 3.90. The number of fused-ring (bicyclic) bond motifs is 1. The van der Waals surface area contributed by atoms with E-state index < -0.39 is 5.91 Å². The van der Waals surface area contributed by atoms with E-state index in [0.717, 1.165) is 12.8 Å². The van der Waals surface area contributed by atoms with Crippen molar-refractivity contribution in [1.82, 2.24) is 25.0 Å². The maximum absolute atomic E-state index is 13.1. The molecule has 5 rings (SSSR count). The number of ether oxygens (including phenoxy) is 1. The van der Waals surface area contributed by atoms with Crippen LogP contribution in [-0.2, 0) is 4.74 Å². The molecule has 0 unspecified atom stereocenters. The van der Waals surface area contributed by atoms with Crippen LogP contribution in [0.4, 0.5) is 17.2 Å². The first-order valence-electron chi connectivity index (χ1n) is 10.8. The topological polar surface area (TPSA) is 136 Å². The number of rotatable bonds is 7. The minimum absolute atomic E-state index is 0.00210. The Morgan fingerprint density at radius 1 is 1.21 bits per heavy atom. The van der Waals surface area contributed by atoms with Gasteiger partial charge in [-0.2, -0.15) is 0 Å². The summed E-state index contributed by atoms with van der Waals surface area (Å²) < 4.78 is 12.2. The third-order valence-corrected chi connectivity index (χ3v) is 5.88. The van der Waals surface area contributed by atoms with Gasteiger partial charge < -0.3 is 25.2 Å². The average Bonchev–Trinajstić information content (AvgIpc) is 3.27. The number of carbonyl (C=O) groups is 1. The van der Waals surface area contributed by atoms with Crippen molar-refractivity contribution < 1.29 is 14.1 Å². The Labute approximate surface area is 194 Å². The second-order valence-electron chi connectivity index (χ2n) is 7.88. The highest BCUT2D eigenvalue weighted by molar-refractivity contribution is 6.05. The lowest BCUT2D eigenvalue weighted by Gasteiger charge is -2.35. The minimum atomic E-state index is -0.417. The highest BCUT2D eigenvalue weighted by atomic mass is 16.5. The van der Waals surface area contributed by atoms with Crippen LogP contribution in [-0.4, -0.2) is 51.9 Å². The SMILES string of the molecule is CNc1cc(Nc2cccn(-c3cccnc3)c2=O)nc2c(C(=O)N[C@@H]3CC[C@H]3OC)onc12. The van der Waals surface area contributed by atoms with Crippen LogP contribution in [0.3, 0.4) is 0 Å². The molecule has 0 saturated heterocycles. The van der Waals surface area contributed by atoms with Gasteiger partial charge in [-0.1, -0.05) is 5.16 Å². The van der Waals surface area contributed by atoms with Crippen LogP contribution in [0.25, 0.3) is 16.7 Å². The Bertz CT molecular complexity index is 1400. The Kier molecular flexibility index (Phi) is 5.68. The zero-order valence-electron chi connectivity index (χ0n) is 18.6. The highest BCUT2D eigenvalue weighted by Gasteiger charge is 2.34. The maximum Gasteiger partial charge on any atom is 0.292 e. The van der Waals surface area contributed by atoms with Crippen LogP contribution in [0.1, 0.15) is 23.4 Å². The van der Waals surface area contributed by atoms with E-state index in [2.05, 4.69) is 31.1 Å². The molecule has 2 atom stereocenters. The lowest BCUT2D eigenvalue weighted by atomic mass is 9.89. The predicted octanol–water partition coefficient (Wildman–Crippen LogP) is 2.46. The molecule has 0 aliphatic heterocycles. The second-order valence-corrected chi connectivity index (χ2v) is 7.88. The van der Waals surface area contributed by atoms with Crippen molar-refractivity contribution in [1.29, 1.82) is 0 Å². The molecular formula is C23H23N7O4. The van der Waals surface area contributed by atoms with Gasteiger partial charge in [0.2, 0.25) is 5.76 Å². The van der Waals surface area contributed by atoms with Gasteiger partial charge >= 0.3 is 0 Å². The number of carbonyl (C=O) groups excluding carboxylic acids is 1. The Hall–Kier alpha value is -4.25. The third-order valence-electron chi connectivity index (χ3n) is 5.88. The van der Waals surface area contributed by atoms with Crippen LogP contribution in [0.2, 0.25) is 0 Å². The van der Waals surface area contributed by atoms with Crippen molar-refractivity contribution in [2.75, 3.05) is 24.8 Å². The zero-order chi connectivity index (χ0) is 23.7. The van der Waals surface area contributed by atoms with Gasteiger partial charge in [-0.25, -0.2) is 4.98 Å². The number of amides is 1. The molecule has 1 aliphatic rings.